The average molecular weight is 159 g/mol. The highest BCUT2D eigenvalue weighted by Crippen LogP contribution is 1.97. The number of esters is 1. The molecular weight excluding hydrogens is 142 g/mol. The normalized spacial score (nSPS) is 12.6. The molecule has 66 valence electrons. The second-order valence-electron chi connectivity index (χ2n) is 2.38. The fourth-order valence-electron chi connectivity index (χ4n) is 0.912. The van der Waals surface area contributed by atoms with Gasteiger partial charge in [-0.1, -0.05) is 13.3 Å². The second kappa shape index (κ2) is 6.16. The van der Waals surface area contributed by atoms with Crippen molar-refractivity contribution in [2.75, 3.05) is 13.7 Å². The molecule has 0 aliphatic heterocycles. The van der Waals surface area contributed by atoms with Crippen molar-refractivity contribution in [1.82, 2.24) is 5.32 Å². The lowest BCUT2D eigenvalue weighted by atomic mass is 10.2. The Balaban J connectivity index is 3.71. The maximum atomic E-state index is 11.1. The van der Waals surface area contributed by atoms with Crippen LogP contribution in [0.1, 0.15) is 26.7 Å². The van der Waals surface area contributed by atoms with Crippen LogP contribution in [0.15, 0.2) is 0 Å². The molecule has 3 heteroatoms. The third-order valence-electron chi connectivity index (χ3n) is 1.50. The second-order valence-corrected chi connectivity index (χ2v) is 2.38. The van der Waals surface area contributed by atoms with Crippen molar-refractivity contribution in [2.24, 2.45) is 0 Å². The molecule has 0 aromatic rings. The lowest BCUT2D eigenvalue weighted by Gasteiger charge is -2.12. The SMILES string of the molecule is CCCC(NC)C(=O)OCC. The average Bonchev–Trinajstić information content (AvgIpc) is 2.00. The summed E-state index contributed by atoms with van der Waals surface area (Å²) in [5.41, 5.74) is 0. The molecular formula is C8H17NO2. The van der Waals surface area contributed by atoms with Crippen LogP contribution in [0.4, 0.5) is 0 Å². The van der Waals surface area contributed by atoms with Crippen LogP contribution in [0.5, 0.6) is 0 Å². The Morgan fingerprint density at radius 3 is 2.55 bits per heavy atom. The molecule has 0 amide bonds. The Hall–Kier alpha value is -0.570. The van der Waals surface area contributed by atoms with E-state index in [1.807, 2.05) is 13.8 Å². The molecule has 3 nitrogen and oxygen atoms in total. The highest BCUT2D eigenvalue weighted by Gasteiger charge is 2.15. The first-order valence-corrected chi connectivity index (χ1v) is 4.10. The minimum absolute atomic E-state index is 0.125. The van der Waals surface area contributed by atoms with Crippen LogP contribution in [-0.2, 0) is 9.53 Å². The lowest BCUT2D eigenvalue weighted by Crippen LogP contribution is -2.35. The Bertz CT molecular complexity index is 115. The molecule has 0 aliphatic carbocycles. The lowest BCUT2D eigenvalue weighted by molar-refractivity contribution is -0.145. The zero-order valence-corrected chi connectivity index (χ0v) is 7.52. The van der Waals surface area contributed by atoms with Gasteiger partial charge >= 0.3 is 5.97 Å². The van der Waals surface area contributed by atoms with Crippen LogP contribution >= 0.6 is 0 Å². The molecule has 0 aromatic heterocycles. The van der Waals surface area contributed by atoms with E-state index < -0.39 is 0 Å². The summed E-state index contributed by atoms with van der Waals surface area (Å²) >= 11 is 0. The molecule has 0 heterocycles. The van der Waals surface area contributed by atoms with Gasteiger partial charge in [-0.05, 0) is 20.4 Å². The van der Waals surface area contributed by atoms with Crippen molar-refractivity contribution in [2.45, 2.75) is 32.7 Å². The molecule has 1 atom stereocenters. The van der Waals surface area contributed by atoms with Gasteiger partial charge in [-0.2, -0.15) is 0 Å². The molecule has 1 unspecified atom stereocenters. The third kappa shape index (κ3) is 3.98. The first kappa shape index (κ1) is 10.4. The van der Waals surface area contributed by atoms with Crippen molar-refractivity contribution in [3.05, 3.63) is 0 Å². The first-order valence-electron chi connectivity index (χ1n) is 4.10. The fourth-order valence-corrected chi connectivity index (χ4v) is 0.912. The quantitative estimate of drug-likeness (QED) is 0.607. The third-order valence-corrected chi connectivity index (χ3v) is 1.50. The van der Waals surface area contributed by atoms with Gasteiger partial charge in [0.15, 0.2) is 0 Å². The van der Waals surface area contributed by atoms with E-state index in [0.717, 1.165) is 12.8 Å². The predicted octanol–water partition coefficient (Wildman–Crippen LogP) is 0.938. The highest BCUT2D eigenvalue weighted by atomic mass is 16.5. The number of rotatable bonds is 5. The fraction of sp³-hybridized carbons (Fsp3) is 0.875. The van der Waals surface area contributed by atoms with Gasteiger partial charge in [0.1, 0.15) is 6.04 Å². The van der Waals surface area contributed by atoms with Crippen molar-refractivity contribution >= 4 is 5.97 Å². The van der Waals surface area contributed by atoms with Gasteiger partial charge in [0.25, 0.3) is 0 Å². The van der Waals surface area contributed by atoms with E-state index in [-0.39, 0.29) is 12.0 Å². The van der Waals surface area contributed by atoms with Crippen molar-refractivity contribution in [3.8, 4) is 0 Å². The summed E-state index contributed by atoms with van der Waals surface area (Å²) in [5, 5.41) is 2.91. The molecule has 0 saturated heterocycles. The number of hydrogen-bond donors (Lipinski definition) is 1. The van der Waals surface area contributed by atoms with Crippen molar-refractivity contribution in [3.63, 3.8) is 0 Å². The maximum absolute atomic E-state index is 11.1. The molecule has 0 aromatic carbocycles. The van der Waals surface area contributed by atoms with E-state index in [2.05, 4.69) is 5.32 Å². The number of hydrogen-bond acceptors (Lipinski definition) is 3. The maximum Gasteiger partial charge on any atom is 0.323 e. The van der Waals surface area contributed by atoms with Crippen LogP contribution in [0.3, 0.4) is 0 Å². The van der Waals surface area contributed by atoms with Crippen molar-refractivity contribution in [1.29, 1.82) is 0 Å². The summed E-state index contributed by atoms with van der Waals surface area (Å²) in [6, 6.07) is -0.125. The molecule has 0 bridgehead atoms. The van der Waals surface area contributed by atoms with Gasteiger partial charge in [0.2, 0.25) is 0 Å². The topological polar surface area (TPSA) is 38.3 Å². The molecule has 0 radical (unpaired) electrons. The van der Waals surface area contributed by atoms with Gasteiger partial charge in [0.05, 0.1) is 6.61 Å². The predicted molar refractivity (Wildman–Crippen MR) is 44.4 cm³/mol. The Kier molecular flexibility index (Phi) is 5.84. The minimum Gasteiger partial charge on any atom is -0.465 e. The van der Waals surface area contributed by atoms with Crippen LogP contribution in [0.25, 0.3) is 0 Å². The summed E-state index contributed by atoms with van der Waals surface area (Å²) in [5.74, 6) is -0.142. The van der Waals surface area contributed by atoms with Gasteiger partial charge in [-0.3, -0.25) is 4.79 Å². The highest BCUT2D eigenvalue weighted by molar-refractivity contribution is 5.75. The smallest absolute Gasteiger partial charge is 0.323 e. The summed E-state index contributed by atoms with van der Waals surface area (Å²) in [6.07, 6.45) is 1.83. The monoisotopic (exact) mass is 159 g/mol. The number of ether oxygens (including phenoxy) is 1. The van der Waals surface area contributed by atoms with Crippen LogP contribution in [0.2, 0.25) is 0 Å². The zero-order chi connectivity index (χ0) is 8.69. The van der Waals surface area contributed by atoms with E-state index in [1.54, 1.807) is 7.05 Å². The molecule has 1 N–H and O–H groups in total. The summed E-state index contributed by atoms with van der Waals surface area (Å²) in [7, 11) is 1.78. The molecule has 0 aliphatic rings. The van der Waals surface area contributed by atoms with Gasteiger partial charge in [0, 0.05) is 0 Å². The largest absolute Gasteiger partial charge is 0.465 e. The van der Waals surface area contributed by atoms with E-state index in [0.29, 0.717) is 6.61 Å². The van der Waals surface area contributed by atoms with E-state index in [9.17, 15) is 4.79 Å². The van der Waals surface area contributed by atoms with Crippen LogP contribution in [-0.4, -0.2) is 25.7 Å². The molecule has 0 fully saturated rings. The summed E-state index contributed by atoms with van der Waals surface area (Å²) in [4.78, 5) is 11.1. The Morgan fingerprint density at radius 2 is 2.18 bits per heavy atom. The number of carbonyl (C=O) groups is 1. The number of likely N-dealkylation sites (N-methyl/N-ethyl adjacent to an activating group) is 1. The summed E-state index contributed by atoms with van der Waals surface area (Å²) < 4.78 is 4.85. The van der Waals surface area contributed by atoms with Crippen molar-refractivity contribution < 1.29 is 9.53 Å². The summed E-state index contributed by atoms with van der Waals surface area (Å²) in [6.45, 7) is 4.32. The standard InChI is InChI=1S/C8H17NO2/c1-4-6-7(9-3)8(10)11-5-2/h7,9H,4-6H2,1-3H3. The molecule has 0 rings (SSSR count). The van der Waals surface area contributed by atoms with Gasteiger partial charge in [-0.25, -0.2) is 0 Å². The van der Waals surface area contributed by atoms with E-state index in [1.165, 1.54) is 0 Å². The molecule has 0 saturated carbocycles. The van der Waals surface area contributed by atoms with Gasteiger partial charge < -0.3 is 10.1 Å². The Labute approximate surface area is 68.1 Å². The molecule has 0 spiro atoms. The number of carbonyl (C=O) groups excluding carboxylic acids is 1. The van der Waals surface area contributed by atoms with Crippen LogP contribution < -0.4 is 5.32 Å². The molecule has 11 heavy (non-hydrogen) atoms. The number of nitrogens with one attached hydrogen (secondary N) is 1. The van der Waals surface area contributed by atoms with Gasteiger partial charge in [-0.15, -0.1) is 0 Å². The minimum atomic E-state index is -0.142. The first-order chi connectivity index (χ1) is 5.26. The van der Waals surface area contributed by atoms with Crippen LogP contribution in [0, 0.1) is 0 Å². The zero-order valence-electron chi connectivity index (χ0n) is 7.52. The van der Waals surface area contributed by atoms with E-state index in [4.69, 9.17) is 4.74 Å². The van der Waals surface area contributed by atoms with E-state index >= 15 is 0 Å². The Morgan fingerprint density at radius 1 is 1.55 bits per heavy atom.